The van der Waals surface area contributed by atoms with Crippen LogP contribution in [0, 0.1) is 13.8 Å². The van der Waals surface area contributed by atoms with Crippen molar-refractivity contribution in [1.29, 1.82) is 0 Å². The lowest BCUT2D eigenvalue weighted by Gasteiger charge is -2.10. The van der Waals surface area contributed by atoms with Crippen LogP contribution in [0.25, 0.3) is 11.4 Å². The van der Waals surface area contributed by atoms with E-state index in [1.54, 1.807) is 6.26 Å². The van der Waals surface area contributed by atoms with E-state index in [1.807, 2.05) is 66.9 Å². The van der Waals surface area contributed by atoms with E-state index >= 15 is 0 Å². The van der Waals surface area contributed by atoms with Crippen LogP contribution in [-0.4, -0.2) is 26.4 Å². The van der Waals surface area contributed by atoms with Gasteiger partial charge < -0.3 is 9.73 Å². The predicted molar refractivity (Wildman–Crippen MR) is 124 cm³/mol. The molecule has 0 atom stereocenters. The minimum atomic E-state index is -0.105. The predicted octanol–water partition coefficient (Wildman–Crippen LogP) is 5.59. The molecule has 0 aliphatic rings. The Morgan fingerprint density at radius 3 is 2.61 bits per heavy atom. The Bertz CT molecular complexity index is 1180. The summed E-state index contributed by atoms with van der Waals surface area (Å²) in [7, 11) is 0. The zero-order chi connectivity index (χ0) is 21.8. The van der Waals surface area contributed by atoms with Crippen molar-refractivity contribution in [3.63, 3.8) is 0 Å². The van der Waals surface area contributed by atoms with E-state index in [9.17, 15) is 4.79 Å². The van der Waals surface area contributed by atoms with Gasteiger partial charge in [-0.2, -0.15) is 0 Å². The number of anilines is 1. The largest absolute Gasteiger partial charge is 0.467 e. The summed E-state index contributed by atoms with van der Waals surface area (Å²) in [5.41, 5.74) is 3.84. The number of carbonyl (C=O) groups excluding carboxylic acids is 1. The monoisotopic (exact) mass is 452 g/mol. The Balaban J connectivity index is 1.54. The number of rotatable bonds is 7. The molecule has 0 fully saturated rings. The van der Waals surface area contributed by atoms with Gasteiger partial charge in [-0.3, -0.25) is 9.36 Å². The van der Waals surface area contributed by atoms with Gasteiger partial charge in [0.25, 0.3) is 0 Å². The molecule has 31 heavy (non-hydrogen) atoms. The molecule has 2 aromatic carbocycles. The highest BCUT2D eigenvalue weighted by Crippen LogP contribution is 2.27. The molecule has 1 N–H and O–H groups in total. The Morgan fingerprint density at radius 2 is 1.90 bits per heavy atom. The van der Waals surface area contributed by atoms with Crippen LogP contribution in [0.5, 0.6) is 0 Å². The van der Waals surface area contributed by atoms with Gasteiger partial charge in [0, 0.05) is 16.3 Å². The van der Waals surface area contributed by atoms with Crippen molar-refractivity contribution in [3.05, 3.63) is 82.8 Å². The first-order valence-corrected chi connectivity index (χ1v) is 11.1. The summed E-state index contributed by atoms with van der Waals surface area (Å²) in [6, 6.07) is 17.1. The number of hydrogen-bond donors (Lipinski definition) is 1. The highest BCUT2D eigenvalue weighted by molar-refractivity contribution is 7.99. The first-order chi connectivity index (χ1) is 15.0. The van der Waals surface area contributed by atoms with Crippen molar-refractivity contribution in [2.24, 2.45) is 0 Å². The maximum Gasteiger partial charge on any atom is 0.234 e. The summed E-state index contributed by atoms with van der Waals surface area (Å²) >= 11 is 7.49. The molecule has 4 aromatic rings. The highest BCUT2D eigenvalue weighted by atomic mass is 35.5. The standard InChI is InChI=1S/C23H21ClN4O2S/c1-15-9-16(2)11-19(10-15)25-21(29)14-31-23-27-26-22(17-5-3-6-18(24)12-17)28(23)13-20-7-4-8-30-20/h3-12H,13-14H2,1-2H3,(H,25,29). The normalized spacial score (nSPS) is 10.9. The van der Waals surface area contributed by atoms with Gasteiger partial charge in [-0.15, -0.1) is 10.2 Å². The molecule has 8 heteroatoms. The van der Waals surface area contributed by atoms with Gasteiger partial charge >= 0.3 is 0 Å². The van der Waals surface area contributed by atoms with E-state index in [1.165, 1.54) is 11.8 Å². The summed E-state index contributed by atoms with van der Waals surface area (Å²) < 4.78 is 7.44. The van der Waals surface area contributed by atoms with Crippen molar-refractivity contribution in [2.75, 3.05) is 11.1 Å². The van der Waals surface area contributed by atoms with Crippen LogP contribution >= 0.6 is 23.4 Å². The summed E-state index contributed by atoms with van der Waals surface area (Å²) in [6.07, 6.45) is 1.63. The zero-order valence-corrected chi connectivity index (χ0v) is 18.7. The summed E-state index contributed by atoms with van der Waals surface area (Å²) in [5, 5.41) is 12.9. The Kier molecular flexibility index (Phi) is 6.44. The van der Waals surface area contributed by atoms with Gasteiger partial charge in [-0.25, -0.2) is 0 Å². The van der Waals surface area contributed by atoms with Crippen molar-refractivity contribution >= 4 is 35.0 Å². The van der Waals surface area contributed by atoms with Crippen LogP contribution in [-0.2, 0) is 11.3 Å². The molecule has 0 aliphatic heterocycles. The fourth-order valence-electron chi connectivity index (χ4n) is 3.31. The molecule has 0 aliphatic carbocycles. The van der Waals surface area contributed by atoms with Gasteiger partial charge in [0.15, 0.2) is 11.0 Å². The van der Waals surface area contributed by atoms with Gasteiger partial charge in [-0.1, -0.05) is 41.6 Å². The molecule has 2 heterocycles. The minimum absolute atomic E-state index is 0.105. The number of halogens is 1. The third-order valence-corrected chi connectivity index (χ3v) is 5.73. The van der Waals surface area contributed by atoms with Crippen LogP contribution in [0.3, 0.4) is 0 Å². The molecule has 0 radical (unpaired) electrons. The van der Waals surface area contributed by atoms with Crippen molar-refractivity contribution < 1.29 is 9.21 Å². The number of amides is 1. The number of hydrogen-bond acceptors (Lipinski definition) is 5. The van der Waals surface area contributed by atoms with E-state index in [-0.39, 0.29) is 11.7 Å². The van der Waals surface area contributed by atoms with Gasteiger partial charge in [0.05, 0.1) is 18.6 Å². The second kappa shape index (κ2) is 9.41. The number of benzene rings is 2. The number of thioether (sulfide) groups is 1. The molecule has 0 spiro atoms. The number of nitrogens with zero attached hydrogens (tertiary/aromatic N) is 3. The number of carbonyl (C=O) groups is 1. The van der Waals surface area contributed by atoms with E-state index in [4.69, 9.17) is 16.0 Å². The SMILES string of the molecule is Cc1cc(C)cc(NC(=O)CSc2nnc(-c3cccc(Cl)c3)n2Cc2ccco2)c1. The van der Waals surface area contributed by atoms with Crippen LogP contribution in [0.4, 0.5) is 5.69 Å². The molecule has 6 nitrogen and oxygen atoms in total. The van der Waals surface area contributed by atoms with E-state index < -0.39 is 0 Å². The lowest BCUT2D eigenvalue weighted by atomic mass is 10.1. The van der Waals surface area contributed by atoms with Crippen LogP contribution in [0.1, 0.15) is 16.9 Å². The fraction of sp³-hybridized carbons (Fsp3) is 0.174. The number of nitrogens with one attached hydrogen (secondary N) is 1. The molecular formula is C23H21ClN4O2S. The molecule has 0 saturated heterocycles. The topological polar surface area (TPSA) is 73.0 Å². The summed E-state index contributed by atoms with van der Waals surface area (Å²) in [5.74, 6) is 1.53. The molecule has 0 unspecified atom stereocenters. The number of aromatic nitrogens is 3. The van der Waals surface area contributed by atoms with Crippen molar-refractivity contribution in [3.8, 4) is 11.4 Å². The average Bonchev–Trinajstić information content (AvgIpc) is 3.36. The maximum absolute atomic E-state index is 12.5. The molecule has 4 rings (SSSR count). The van der Waals surface area contributed by atoms with E-state index in [2.05, 4.69) is 21.6 Å². The van der Waals surface area contributed by atoms with Gasteiger partial charge in [0.2, 0.25) is 5.91 Å². The molecule has 0 saturated carbocycles. The second-order valence-electron chi connectivity index (χ2n) is 7.20. The smallest absolute Gasteiger partial charge is 0.234 e. The van der Waals surface area contributed by atoms with Gasteiger partial charge in [0.1, 0.15) is 5.76 Å². The quantitative estimate of drug-likeness (QED) is 0.370. The molecular weight excluding hydrogens is 432 g/mol. The maximum atomic E-state index is 12.5. The third kappa shape index (κ3) is 5.37. The van der Waals surface area contributed by atoms with E-state index in [0.29, 0.717) is 22.5 Å². The summed E-state index contributed by atoms with van der Waals surface area (Å²) in [4.78, 5) is 12.5. The van der Waals surface area contributed by atoms with E-state index in [0.717, 1.165) is 28.1 Å². The first-order valence-electron chi connectivity index (χ1n) is 9.70. The highest BCUT2D eigenvalue weighted by Gasteiger charge is 2.17. The number of aryl methyl sites for hydroxylation is 2. The fourth-order valence-corrected chi connectivity index (χ4v) is 4.24. The molecule has 0 bridgehead atoms. The van der Waals surface area contributed by atoms with Crippen LogP contribution in [0.2, 0.25) is 5.02 Å². The third-order valence-electron chi connectivity index (χ3n) is 4.53. The molecule has 2 aromatic heterocycles. The van der Waals surface area contributed by atoms with Crippen LogP contribution < -0.4 is 5.32 Å². The lowest BCUT2D eigenvalue weighted by molar-refractivity contribution is -0.113. The average molecular weight is 453 g/mol. The zero-order valence-electron chi connectivity index (χ0n) is 17.1. The van der Waals surface area contributed by atoms with Crippen LogP contribution in [0.15, 0.2) is 70.4 Å². The Hall–Kier alpha value is -3.03. The molecule has 158 valence electrons. The molecule has 1 amide bonds. The minimum Gasteiger partial charge on any atom is -0.467 e. The van der Waals surface area contributed by atoms with Crippen molar-refractivity contribution in [2.45, 2.75) is 25.5 Å². The first kappa shape index (κ1) is 21.2. The summed E-state index contributed by atoms with van der Waals surface area (Å²) in [6.45, 7) is 4.46. The van der Waals surface area contributed by atoms with Gasteiger partial charge in [-0.05, 0) is 61.4 Å². The Morgan fingerprint density at radius 1 is 1.10 bits per heavy atom. The number of furan rings is 1. The lowest BCUT2D eigenvalue weighted by Crippen LogP contribution is -2.15. The Labute approximate surface area is 189 Å². The second-order valence-corrected chi connectivity index (χ2v) is 8.57. The van der Waals surface area contributed by atoms with Crippen molar-refractivity contribution in [1.82, 2.24) is 14.8 Å².